The van der Waals surface area contributed by atoms with Crippen LogP contribution in [0.4, 0.5) is 0 Å². The Morgan fingerprint density at radius 3 is 2.50 bits per heavy atom. The Hall–Kier alpha value is -2.77. The second-order valence-corrected chi connectivity index (χ2v) is 7.01. The monoisotopic (exact) mass is 382 g/mol. The molecule has 0 saturated carbocycles. The maximum atomic E-state index is 12.5. The zero-order valence-electron chi connectivity index (χ0n) is 15.8. The zero-order chi connectivity index (χ0) is 19.8. The first-order valence-electron chi connectivity index (χ1n) is 9.46. The van der Waals surface area contributed by atoms with E-state index in [4.69, 9.17) is 10.5 Å². The van der Waals surface area contributed by atoms with Gasteiger partial charge in [0, 0.05) is 31.5 Å². The molecule has 2 aromatic rings. The van der Waals surface area contributed by atoms with Crippen LogP contribution >= 0.6 is 0 Å². The average Bonchev–Trinajstić information content (AvgIpc) is 2.73. The van der Waals surface area contributed by atoms with Crippen LogP contribution < -0.4 is 16.4 Å². The predicted molar refractivity (Wildman–Crippen MR) is 105 cm³/mol. The maximum Gasteiger partial charge on any atom is 0.240 e. The topological polar surface area (TPSA) is 106 Å². The Morgan fingerprint density at radius 2 is 1.82 bits per heavy atom. The van der Waals surface area contributed by atoms with Crippen molar-refractivity contribution in [3.63, 3.8) is 0 Å². The van der Waals surface area contributed by atoms with Crippen LogP contribution in [-0.4, -0.2) is 42.1 Å². The Bertz CT molecular complexity index is 777. The number of rotatable bonds is 7. The fraction of sp³-hybridized carbons (Fsp3) is 0.381. The largest absolute Gasteiger partial charge is 0.381 e. The fourth-order valence-corrected chi connectivity index (χ4v) is 3.21. The third-order valence-corrected chi connectivity index (χ3v) is 4.92. The van der Waals surface area contributed by atoms with Crippen LogP contribution in [0.3, 0.4) is 0 Å². The summed E-state index contributed by atoms with van der Waals surface area (Å²) in [6.45, 7) is 0.788. The molecule has 1 aromatic carbocycles. The first kappa shape index (κ1) is 20.0. The van der Waals surface area contributed by atoms with Crippen LogP contribution in [-0.2, 0) is 20.7 Å². The summed E-state index contributed by atoms with van der Waals surface area (Å²) >= 11 is 0. The van der Waals surface area contributed by atoms with Crippen molar-refractivity contribution in [2.45, 2.75) is 30.8 Å². The van der Waals surface area contributed by atoms with Gasteiger partial charge < -0.3 is 21.1 Å². The Labute approximate surface area is 164 Å². The summed E-state index contributed by atoms with van der Waals surface area (Å²) in [5.41, 5.74) is 7.04. The van der Waals surface area contributed by atoms with Crippen molar-refractivity contribution < 1.29 is 14.3 Å². The lowest BCUT2D eigenvalue weighted by molar-refractivity contribution is -0.132. The summed E-state index contributed by atoms with van der Waals surface area (Å²) in [5.74, 6) is -0.583. The number of nitrogens with one attached hydrogen (secondary N) is 2. The van der Waals surface area contributed by atoms with Crippen LogP contribution in [0.1, 0.15) is 30.1 Å². The summed E-state index contributed by atoms with van der Waals surface area (Å²) in [5, 5.41) is 5.66. The van der Waals surface area contributed by atoms with Gasteiger partial charge >= 0.3 is 0 Å². The van der Waals surface area contributed by atoms with E-state index >= 15 is 0 Å². The van der Waals surface area contributed by atoms with E-state index in [2.05, 4.69) is 15.6 Å². The molecule has 0 spiro atoms. The summed E-state index contributed by atoms with van der Waals surface area (Å²) in [7, 11) is 0. The summed E-state index contributed by atoms with van der Waals surface area (Å²) < 4.78 is 5.25. The molecular formula is C21H26N4O3. The predicted octanol–water partition coefficient (Wildman–Crippen LogP) is 1.11. The quantitative estimate of drug-likeness (QED) is 0.665. The number of aromatic nitrogens is 1. The minimum Gasteiger partial charge on any atom is -0.381 e. The number of carbonyl (C=O) groups is 2. The third-order valence-electron chi connectivity index (χ3n) is 4.92. The second-order valence-electron chi connectivity index (χ2n) is 7.01. The Morgan fingerprint density at radius 1 is 1.11 bits per heavy atom. The average molecular weight is 382 g/mol. The highest BCUT2D eigenvalue weighted by atomic mass is 16.5. The number of nitrogens with zero attached hydrogens (tertiary/aromatic N) is 1. The standard InChI is InChI=1S/C21H26N4O3/c22-21(9-12-28-13-10-21)20(27)24-15-19(26)25-18(16-6-2-1-3-7-16)14-17-8-4-5-11-23-17/h1-8,11,18H,9-10,12-15,22H2,(H,24,27)(H,25,26). The molecule has 7 heteroatoms. The number of amides is 2. The van der Waals surface area contributed by atoms with Gasteiger partial charge in [-0.25, -0.2) is 0 Å². The number of benzene rings is 1. The molecule has 0 aliphatic carbocycles. The molecule has 4 N–H and O–H groups in total. The van der Waals surface area contributed by atoms with Gasteiger partial charge in [0.2, 0.25) is 11.8 Å². The van der Waals surface area contributed by atoms with Gasteiger partial charge in [-0.05, 0) is 30.5 Å². The summed E-state index contributed by atoms with van der Waals surface area (Å²) in [6, 6.07) is 15.2. The van der Waals surface area contributed by atoms with E-state index in [9.17, 15) is 9.59 Å². The Balaban J connectivity index is 1.60. The first-order valence-corrected chi connectivity index (χ1v) is 9.46. The van der Waals surface area contributed by atoms with E-state index in [1.807, 2.05) is 48.5 Å². The van der Waals surface area contributed by atoms with E-state index < -0.39 is 5.54 Å². The lowest BCUT2D eigenvalue weighted by atomic mass is 9.90. The van der Waals surface area contributed by atoms with Crippen LogP contribution in [0.15, 0.2) is 54.7 Å². The molecule has 1 fully saturated rings. The number of ether oxygens (including phenoxy) is 1. The van der Waals surface area contributed by atoms with Gasteiger partial charge in [-0.1, -0.05) is 36.4 Å². The Kier molecular flexibility index (Phi) is 6.73. The van der Waals surface area contributed by atoms with Crippen molar-refractivity contribution in [2.24, 2.45) is 5.73 Å². The molecule has 28 heavy (non-hydrogen) atoms. The lowest BCUT2D eigenvalue weighted by Gasteiger charge is -2.31. The van der Waals surface area contributed by atoms with Crippen LogP contribution in [0, 0.1) is 0 Å². The van der Waals surface area contributed by atoms with Crippen molar-refractivity contribution in [3.8, 4) is 0 Å². The molecule has 2 heterocycles. The van der Waals surface area contributed by atoms with Crippen molar-refractivity contribution in [3.05, 3.63) is 66.0 Å². The number of pyridine rings is 1. The molecule has 1 unspecified atom stereocenters. The fourth-order valence-electron chi connectivity index (χ4n) is 3.21. The smallest absolute Gasteiger partial charge is 0.240 e. The van der Waals surface area contributed by atoms with Gasteiger partial charge in [0.25, 0.3) is 0 Å². The zero-order valence-corrected chi connectivity index (χ0v) is 15.8. The van der Waals surface area contributed by atoms with E-state index in [1.54, 1.807) is 6.20 Å². The molecule has 0 radical (unpaired) electrons. The number of nitrogens with two attached hydrogens (primary N) is 1. The van der Waals surface area contributed by atoms with Gasteiger partial charge in [-0.3, -0.25) is 14.6 Å². The van der Waals surface area contributed by atoms with Gasteiger partial charge in [0.15, 0.2) is 0 Å². The molecule has 1 aliphatic rings. The highest BCUT2D eigenvalue weighted by Gasteiger charge is 2.35. The van der Waals surface area contributed by atoms with Gasteiger partial charge in [-0.2, -0.15) is 0 Å². The normalized spacial score (nSPS) is 16.8. The van der Waals surface area contributed by atoms with Crippen molar-refractivity contribution >= 4 is 11.8 Å². The maximum absolute atomic E-state index is 12.5. The highest BCUT2D eigenvalue weighted by Crippen LogP contribution is 2.18. The van der Waals surface area contributed by atoms with E-state index in [-0.39, 0.29) is 24.4 Å². The van der Waals surface area contributed by atoms with Gasteiger partial charge in [0.1, 0.15) is 0 Å². The molecule has 1 saturated heterocycles. The lowest BCUT2D eigenvalue weighted by Crippen LogP contribution is -2.58. The molecule has 148 valence electrons. The molecule has 3 rings (SSSR count). The van der Waals surface area contributed by atoms with Crippen LogP contribution in [0.25, 0.3) is 0 Å². The number of hydrogen-bond donors (Lipinski definition) is 3. The number of hydrogen-bond acceptors (Lipinski definition) is 5. The van der Waals surface area contributed by atoms with Gasteiger partial charge in [-0.15, -0.1) is 0 Å². The second kappa shape index (κ2) is 9.43. The minimum atomic E-state index is -0.967. The van der Waals surface area contributed by atoms with E-state index in [0.717, 1.165) is 11.3 Å². The van der Waals surface area contributed by atoms with Gasteiger partial charge in [0.05, 0.1) is 18.1 Å². The van der Waals surface area contributed by atoms with Crippen molar-refractivity contribution in [1.82, 2.24) is 15.6 Å². The van der Waals surface area contributed by atoms with Crippen LogP contribution in [0.2, 0.25) is 0 Å². The molecular weight excluding hydrogens is 356 g/mol. The first-order chi connectivity index (χ1) is 13.6. The molecule has 7 nitrogen and oxygen atoms in total. The summed E-state index contributed by atoms with van der Waals surface area (Å²) in [6.07, 6.45) is 3.19. The van der Waals surface area contributed by atoms with E-state index in [0.29, 0.717) is 32.5 Å². The number of carbonyl (C=O) groups excluding carboxylic acids is 2. The van der Waals surface area contributed by atoms with Crippen molar-refractivity contribution in [2.75, 3.05) is 19.8 Å². The molecule has 1 atom stereocenters. The van der Waals surface area contributed by atoms with E-state index in [1.165, 1.54) is 0 Å². The third kappa shape index (κ3) is 5.37. The summed E-state index contributed by atoms with van der Waals surface area (Å²) in [4.78, 5) is 29.2. The minimum absolute atomic E-state index is 0.121. The highest BCUT2D eigenvalue weighted by molar-refractivity contribution is 5.90. The molecule has 2 amide bonds. The van der Waals surface area contributed by atoms with Crippen molar-refractivity contribution in [1.29, 1.82) is 0 Å². The SMILES string of the molecule is NC1(C(=O)NCC(=O)NC(Cc2ccccn2)c2ccccc2)CCOCC1. The molecule has 1 aromatic heterocycles. The molecule has 1 aliphatic heterocycles. The molecule has 0 bridgehead atoms. The van der Waals surface area contributed by atoms with Crippen LogP contribution in [0.5, 0.6) is 0 Å².